The van der Waals surface area contributed by atoms with Crippen LogP contribution in [-0.4, -0.2) is 38.3 Å². The van der Waals surface area contributed by atoms with Gasteiger partial charge in [-0.1, -0.05) is 23.7 Å². The van der Waals surface area contributed by atoms with Crippen LogP contribution >= 0.6 is 23.4 Å². The number of aliphatic imine (C=N–C) groups is 1. The lowest BCUT2D eigenvalue weighted by Gasteiger charge is -2.12. The molecule has 7 heteroatoms. The van der Waals surface area contributed by atoms with Gasteiger partial charge in [-0.15, -0.1) is 11.8 Å². The fourth-order valence-electron chi connectivity index (χ4n) is 2.19. The fourth-order valence-corrected chi connectivity index (χ4v) is 3.09. The number of benzene rings is 2. The Bertz CT molecular complexity index is 732. The molecule has 0 fully saturated rings. The van der Waals surface area contributed by atoms with Crippen molar-refractivity contribution in [3.05, 3.63) is 64.7 Å². The zero-order valence-corrected chi connectivity index (χ0v) is 16.5. The van der Waals surface area contributed by atoms with E-state index in [1.54, 1.807) is 25.9 Å². The number of amides is 1. The first-order valence-electron chi connectivity index (χ1n) is 8.26. The predicted molar refractivity (Wildman–Crippen MR) is 110 cm³/mol. The molecule has 0 unspecified atom stereocenters. The molecular weight excluding hydrogens is 368 g/mol. The van der Waals surface area contributed by atoms with Crippen LogP contribution in [0.3, 0.4) is 0 Å². The average molecular weight is 391 g/mol. The number of hydrogen-bond acceptors (Lipinski definition) is 3. The highest BCUT2D eigenvalue weighted by Gasteiger charge is 2.03. The van der Waals surface area contributed by atoms with Crippen molar-refractivity contribution in [2.75, 3.05) is 26.4 Å². The Morgan fingerprint density at radius 1 is 1.08 bits per heavy atom. The van der Waals surface area contributed by atoms with Crippen LogP contribution in [0.1, 0.15) is 15.9 Å². The summed E-state index contributed by atoms with van der Waals surface area (Å²) in [6.45, 7) is 1.43. The van der Waals surface area contributed by atoms with Gasteiger partial charge in [0.2, 0.25) is 0 Å². The highest BCUT2D eigenvalue weighted by molar-refractivity contribution is 7.99. The molecule has 2 aromatic carbocycles. The Kier molecular flexibility index (Phi) is 8.31. The maximum absolute atomic E-state index is 11.5. The van der Waals surface area contributed by atoms with Gasteiger partial charge in [-0.3, -0.25) is 9.79 Å². The Balaban J connectivity index is 1.72. The first-order chi connectivity index (χ1) is 12.6. The number of nitrogens with one attached hydrogen (secondary N) is 3. The summed E-state index contributed by atoms with van der Waals surface area (Å²) in [4.78, 5) is 17.0. The van der Waals surface area contributed by atoms with Gasteiger partial charge in [-0.25, -0.2) is 0 Å². The SMILES string of the molecule is CN=C(NCCSc1ccc(Cl)cc1)NCc1ccc(C(=O)NC)cc1. The minimum Gasteiger partial charge on any atom is -0.356 e. The molecule has 2 aromatic rings. The molecule has 0 heterocycles. The summed E-state index contributed by atoms with van der Waals surface area (Å²) in [5.41, 5.74) is 1.73. The van der Waals surface area contributed by atoms with Gasteiger partial charge in [0.1, 0.15) is 0 Å². The maximum atomic E-state index is 11.5. The highest BCUT2D eigenvalue weighted by atomic mass is 35.5. The molecule has 0 spiro atoms. The van der Waals surface area contributed by atoms with Gasteiger partial charge >= 0.3 is 0 Å². The summed E-state index contributed by atoms with van der Waals surface area (Å²) in [5.74, 6) is 1.58. The van der Waals surface area contributed by atoms with E-state index in [1.807, 2.05) is 48.5 Å². The molecule has 1 amide bonds. The molecule has 2 rings (SSSR count). The number of carbonyl (C=O) groups is 1. The molecule has 0 radical (unpaired) electrons. The third-order valence-corrected chi connectivity index (χ3v) is 4.87. The molecule has 26 heavy (non-hydrogen) atoms. The minimum atomic E-state index is -0.0832. The molecule has 0 aliphatic rings. The summed E-state index contributed by atoms with van der Waals surface area (Å²) >= 11 is 7.65. The summed E-state index contributed by atoms with van der Waals surface area (Å²) < 4.78 is 0. The monoisotopic (exact) mass is 390 g/mol. The van der Waals surface area contributed by atoms with Crippen LogP contribution in [-0.2, 0) is 6.54 Å². The molecule has 0 bridgehead atoms. The van der Waals surface area contributed by atoms with Gasteiger partial charge in [-0.2, -0.15) is 0 Å². The molecule has 0 saturated carbocycles. The second-order valence-electron chi connectivity index (χ2n) is 5.43. The molecule has 0 atom stereocenters. The zero-order chi connectivity index (χ0) is 18.8. The zero-order valence-electron chi connectivity index (χ0n) is 14.9. The molecule has 0 aliphatic carbocycles. The highest BCUT2D eigenvalue weighted by Crippen LogP contribution is 2.19. The summed E-state index contributed by atoms with van der Waals surface area (Å²) in [5, 5.41) is 9.92. The van der Waals surface area contributed by atoms with Gasteiger partial charge in [0.25, 0.3) is 5.91 Å². The van der Waals surface area contributed by atoms with Crippen LogP contribution in [0, 0.1) is 0 Å². The van der Waals surface area contributed by atoms with E-state index in [-0.39, 0.29) is 5.91 Å². The Morgan fingerprint density at radius 3 is 2.38 bits per heavy atom. The number of guanidine groups is 1. The van der Waals surface area contributed by atoms with Crippen molar-refractivity contribution >= 4 is 35.2 Å². The van der Waals surface area contributed by atoms with Gasteiger partial charge < -0.3 is 16.0 Å². The predicted octanol–water partition coefficient (Wildman–Crippen LogP) is 3.16. The number of rotatable bonds is 7. The molecule has 0 saturated heterocycles. The number of carbonyl (C=O) groups excluding carboxylic acids is 1. The third-order valence-electron chi connectivity index (χ3n) is 3.60. The summed E-state index contributed by atoms with van der Waals surface area (Å²) in [6.07, 6.45) is 0. The van der Waals surface area contributed by atoms with Gasteiger partial charge in [-0.05, 0) is 42.0 Å². The van der Waals surface area contributed by atoms with Crippen molar-refractivity contribution in [3.8, 4) is 0 Å². The van der Waals surface area contributed by atoms with Gasteiger partial charge in [0, 0.05) is 48.4 Å². The molecule has 138 valence electrons. The lowest BCUT2D eigenvalue weighted by molar-refractivity contribution is 0.0963. The lowest BCUT2D eigenvalue weighted by atomic mass is 10.1. The van der Waals surface area contributed by atoms with Crippen LogP contribution in [0.15, 0.2) is 58.4 Å². The van der Waals surface area contributed by atoms with E-state index < -0.39 is 0 Å². The van der Waals surface area contributed by atoms with Crippen molar-refractivity contribution in [1.82, 2.24) is 16.0 Å². The normalized spacial score (nSPS) is 11.1. The van der Waals surface area contributed by atoms with E-state index in [0.29, 0.717) is 12.1 Å². The Morgan fingerprint density at radius 2 is 1.77 bits per heavy atom. The van der Waals surface area contributed by atoms with Crippen LogP contribution in [0.4, 0.5) is 0 Å². The number of nitrogens with zero attached hydrogens (tertiary/aromatic N) is 1. The smallest absolute Gasteiger partial charge is 0.251 e. The number of thioether (sulfide) groups is 1. The van der Waals surface area contributed by atoms with E-state index in [4.69, 9.17) is 11.6 Å². The third kappa shape index (κ3) is 6.61. The number of halogens is 1. The topological polar surface area (TPSA) is 65.5 Å². The van der Waals surface area contributed by atoms with E-state index in [1.165, 1.54) is 4.90 Å². The van der Waals surface area contributed by atoms with E-state index in [2.05, 4.69) is 20.9 Å². The first-order valence-corrected chi connectivity index (χ1v) is 9.62. The van der Waals surface area contributed by atoms with Crippen molar-refractivity contribution in [1.29, 1.82) is 0 Å². The molecule has 0 aliphatic heterocycles. The second-order valence-corrected chi connectivity index (χ2v) is 7.04. The summed E-state index contributed by atoms with van der Waals surface area (Å²) in [6, 6.07) is 15.3. The first kappa shape index (κ1) is 20.1. The van der Waals surface area contributed by atoms with Crippen molar-refractivity contribution in [3.63, 3.8) is 0 Å². The van der Waals surface area contributed by atoms with E-state index >= 15 is 0 Å². The Labute approximate surface area is 163 Å². The second kappa shape index (κ2) is 10.7. The van der Waals surface area contributed by atoms with Crippen molar-refractivity contribution in [2.45, 2.75) is 11.4 Å². The van der Waals surface area contributed by atoms with Gasteiger partial charge in [0.15, 0.2) is 5.96 Å². The molecular formula is C19H23ClN4OS. The average Bonchev–Trinajstić information content (AvgIpc) is 2.68. The van der Waals surface area contributed by atoms with Crippen LogP contribution in [0.25, 0.3) is 0 Å². The van der Waals surface area contributed by atoms with Gasteiger partial charge in [0.05, 0.1) is 0 Å². The lowest BCUT2D eigenvalue weighted by Crippen LogP contribution is -2.37. The largest absolute Gasteiger partial charge is 0.356 e. The van der Waals surface area contributed by atoms with E-state index in [9.17, 15) is 4.79 Å². The quantitative estimate of drug-likeness (QED) is 0.294. The summed E-state index contributed by atoms with van der Waals surface area (Å²) in [7, 11) is 3.37. The molecule has 5 nitrogen and oxygen atoms in total. The van der Waals surface area contributed by atoms with Crippen molar-refractivity contribution < 1.29 is 4.79 Å². The van der Waals surface area contributed by atoms with E-state index in [0.717, 1.165) is 28.8 Å². The molecule has 0 aromatic heterocycles. The standard InChI is InChI=1S/C19H23ClN4OS/c1-21-18(25)15-5-3-14(4-6-15)13-24-19(22-2)23-11-12-26-17-9-7-16(20)8-10-17/h3-10H,11-13H2,1-2H3,(H,21,25)(H2,22,23,24). The van der Waals surface area contributed by atoms with Crippen LogP contribution < -0.4 is 16.0 Å². The molecule has 3 N–H and O–H groups in total. The van der Waals surface area contributed by atoms with Crippen molar-refractivity contribution in [2.24, 2.45) is 4.99 Å². The minimum absolute atomic E-state index is 0.0832. The Hall–Kier alpha value is -2.18. The van der Waals surface area contributed by atoms with Crippen LogP contribution in [0.5, 0.6) is 0 Å². The number of hydrogen-bond donors (Lipinski definition) is 3. The maximum Gasteiger partial charge on any atom is 0.251 e. The fraction of sp³-hybridized carbons (Fsp3) is 0.263. The van der Waals surface area contributed by atoms with Crippen LogP contribution in [0.2, 0.25) is 5.02 Å².